The Morgan fingerprint density at radius 1 is 1.64 bits per heavy atom. The van der Waals surface area contributed by atoms with Crippen molar-refractivity contribution in [1.82, 2.24) is 5.32 Å². The van der Waals surface area contributed by atoms with E-state index in [1.165, 1.54) is 6.92 Å². The molecule has 1 heterocycles. The van der Waals surface area contributed by atoms with Crippen molar-refractivity contribution >= 4 is 11.8 Å². The van der Waals surface area contributed by atoms with Crippen LogP contribution in [0, 0.1) is 0 Å². The first-order valence-corrected chi connectivity index (χ1v) is 3.92. The monoisotopic (exact) mass is 210 g/mol. The maximum Gasteiger partial charge on any atom is 0.448 e. The van der Waals surface area contributed by atoms with Gasteiger partial charge >= 0.3 is 12.1 Å². The maximum atomic E-state index is 12.0. The van der Waals surface area contributed by atoms with Crippen LogP contribution >= 0.6 is 0 Å². The van der Waals surface area contributed by atoms with Gasteiger partial charge in [0.1, 0.15) is 6.10 Å². The number of carbonyl (C=O) groups is 1. The van der Waals surface area contributed by atoms with E-state index in [9.17, 15) is 18.0 Å². The fourth-order valence-corrected chi connectivity index (χ4v) is 1.03. The summed E-state index contributed by atoms with van der Waals surface area (Å²) in [5, 5.41) is 2.06. The Hall–Kier alpha value is -1.27. The van der Waals surface area contributed by atoms with Crippen LogP contribution in [0.25, 0.3) is 0 Å². The topological polar surface area (TPSA) is 50.7 Å². The second kappa shape index (κ2) is 3.85. The quantitative estimate of drug-likeness (QED) is 0.640. The molecule has 0 saturated heterocycles. The number of hydrogen-bond acceptors (Lipinski definition) is 4. The van der Waals surface area contributed by atoms with Crippen molar-refractivity contribution in [2.24, 2.45) is 4.99 Å². The first-order chi connectivity index (χ1) is 6.39. The number of ether oxygens (including phenoxy) is 1. The third-order valence-electron chi connectivity index (χ3n) is 1.55. The van der Waals surface area contributed by atoms with Crippen molar-refractivity contribution in [3.8, 4) is 0 Å². The van der Waals surface area contributed by atoms with Gasteiger partial charge in [-0.3, -0.25) is 9.79 Å². The number of alkyl halides is 3. The molecule has 0 bridgehead atoms. The van der Waals surface area contributed by atoms with E-state index in [2.05, 4.69) is 15.0 Å². The average molecular weight is 210 g/mol. The second-order valence-corrected chi connectivity index (χ2v) is 2.80. The molecule has 1 aliphatic rings. The third-order valence-corrected chi connectivity index (χ3v) is 1.55. The fourth-order valence-electron chi connectivity index (χ4n) is 1.03. The van der Waals surface area contributed by atoms with Gasteiger partial charge in [0.25, 0.3) is 0 Å². The number of esters is 1. The van der Waals surface area contributed by atoms with Crippen molar-refractivity contribution in [3.05, 3.63) is 0 Å². The molecular formula is C7H9F3N2O2. The molecule has 0 aromatic rings. The highest BCUT2D eigenvalue weighted by atomic mass is 19.4. The van der Waals surface area contributed by atoms with E-state index in [-0.39, 0.29) is 13.1 Å². The zero-order valence-corrected chi connectivity index (χ0v) is 7.39. The molecule has 14 heavy (non-hydrogen) atoms. The van der Waals surface area contributed by atoms with Crippen LogP contribution in [0.15, 0.2) is 4.99 Å². The predicted molar refractivity (Wildman–Crippen MR) is 41.9 cm³/mol. The highest BCUT2D eigenvalue weighted by Crippen LogP contribution is 2.17. The van der Waals surface area contributed by atoms with Gasteiger partial charge in [-0.25, -0.2) is 0 Å². The van der Waals surface area contributed by atoms with Crippen LogP contribution in [0.3, 0.4) is 0 Å². The van der Waals surface area contributed by atoms with Crippen LogP contribution in [0.5, 0.6) is 0 Å². The maximum absolute atomic E-state index is 12.0. The zero-order valence-electron chi connectivity index (χ0n) is 7.39. The summed E-state index contributed by atoms with van der Waals surface area (Å²) < 4.78 is 40.8. The molecule has 0 amide bonds. The third kappa shape index (κ3) is 2.90. The Labute approximate surface area is 78.1 Å². The molecular weight excluding hydrogens is 201 g/mol. The number of nitrogens with one attached hydrogen (secondary N) is 1. The summed E-state index contributed by atoms with van der Waals surface area (Å²) >= 11 is 0. The molecule has 0 aliphatic carbocycles. The van der Waals surface area contributed by atoms with Gasteiger partial charge in [-0.15, -0.1) is 0 Å². The van der Waals surface area contributed by atoms with Crippen LogP contribution in [0.2, 0.25) is 0 Å². The second-order valence-electron chi connectivity index (χ2n) is 2.80. The van der Waals surface area contributed by atoms with E-state index < -0.39 is 24.1 Å². The van der Waals surface area contributed by atoms with Crippen molar-refractivity contribution in [3.63, 3.8) is 0 Å². The minimum absolute atomic E-state index is 0.0576. The van der Waals surface area contributed by atoms with E-state index in [1.807, 2.05) is 0 Å². The van der Waals surface area contributed by atoms with Crippen LogP contribution < -0.4 is 5.32 Å². The highest BCUT2D eigenvalue weighted by molar-refractivity contribution is 5.88. The largest absolute Gasteiger partial charge is 0.459 e. The number of carbonyl (C=O) groups excluding carboxylic acids is 1. The summed E-state index contributed by atoms with van der Waals surface area (Å²) in [4.78, 5) is 13.7. The van der Waals surface area contributed by atoms with E-state index in [4.69, 9.17) is 0 Å². The lowest BCUT2D eigenvalue weighted by molar-refractivity contribution is -0.145. The molecule has 0 aromatic carbocycles. The van der Waals surface area contributed by atoms with Gasteiger partial charge in [-0.1, -0.05) is 0 Å². The minimum Gasteiger partial charge on any atom is -0.459 e. The zero-order chi connectivity index (χ0) is 10.8. The molecule has 7 heteroatoms. The Bertz CT molecular complexity index is 262. The molecule has 0 radical (unpaired) electrons. The van der Waals surface area contributed by atoms with Gasteiger partial charge in [0.05, 0.1) is 13.1 Å². The van der Waals surface area contributed by atoms with E-state index in [0.717, 1.165) is 0 Å². The standard InChI is InChI=1S/C7H9F3N2O2/c1-4(13)14-5-2-11-6(12-3-5)7(8,9)10/h5H,2-3H2,1H3,(H,11,12). The Balaban J connectivity index is 2.51. The lowest BCUT2D eigenvalue weighted by Crippen LogP contribution is -2.47. The Kier molecular flexibility index (Phi) is 2.97. The summed E-state index contributed by atoms with van der Waals surface area (Å²) in [7, 11) is 0. The lowest BCUT2D eigenvalue weighted by Gasteiger charge is -2.23. The number of hydrogen-bond donors (Lipinski definition) is 1. The lowest BCUT2D eigenvalue weighted by atomic mass is 10.3. The molecule has 0 fully saturated rings. The number of nitrogens with zero attached hydrogens (tertiary/aromatic N) is 1. The molecule has 1 unspecified atom stereocenters. The summed E-state index contributed by atoms with van der Waals surface area (Å²) in [6.45, 7) is 0.988. The first kappa shape index (κ1) is 10.8. The van der Waals surface area contributed by atoms with E-state index in [0.29, 0.717) is 0 Å². The number of amidine groups is 1. The summed E-state index contributed by atoms with van der Waals surface area (Å²) in [6, 6.07) is 0. The number of rotatable bonds is 1. The van der Waals surface area contributed by atoms with Gasteiger partial charge in [0.2, 0.25) is 5.84 Å². The molecule has 0 aromatic heterocycles. The van der Waals surface area contributed by atoms with Gasteiger partial charge < -0.3 is 10.1 Å². The predicted octanol–water partition coefficient (Wildman–Crippen LogP) is 0.482. The van der Waals surface area contributed by atoms with E-state index in [1.54, 1.807) is 0 Å². The normalized spacial score (nSPS) is 22.3. The molecule has 4 nitrogen and oxygen atoms in total. The number of aliphatic imine (C=N–C) groups is 1. The van der Waals surface area contributed by atoms with Gasteiger partial charge in [0.15, 0.2) is 0 Å². The van der Waals surface area contributed by atoms with Crippen LogP contribution in [-0.2, 0) is 9.53 Å². The van der Waals surface area contributed by atoms with Crippen LogP contribution in [0.4, 0.5) is 13.2 Å². The van der Waals surface area contributed by atoms with Gasteiger partial charge in [0, 0.05) is 6.92 Å². The molecule has 0 spiro atoms. The molecule has 1 aliphatic heterocycles. The molecule has 1 rings (SSSR count). The molecule has 1 atom stereocenters. The van der Waals surface area contributed by atoms with Crippen molar-refractivity contribution in [2.45, 2.75) is 19.2 Å². The molecule has 0 saturated carbocycles. The van der Waals surface area contributed by atoms with E-state index >= 15 is 0 Å². The minimum atomic E-state index is -4.46. The summed E-state index contributed by atoms with van der Waals surface area (Å²) in [5.41, 5.74) is 0. The van der Waals surface area contributed by atoms with Crippen molar-refractivity contribution in [1.29, 1.82) is 0 Å². The Morgan fingerprint density at radius 2 is 2.29 bits per heavy atom. The van der Waals surface area contributed by atoms with Crippen LogP contribution in [-0.4, -0.2) is 37.2 Å². The molecule has 80 valence electrons. The first-order valence-electron chi connectivity index (χ1n) is 3.92. The fraction of sp³-hybridized carbons (Fsp3) is 0.714. The summed E-state index contributed by atoms with van der Waals surface area (Å²) in [5.74, 6) is -1.54. The smallest absolute Gasteiger partial charge is 0.448 e. The SMILES string of the molecule is CC(=O)OC1CN=C(C(F)(F)F)NC1. The summed E-state index contributed by atoms with van der Waals surface area (Å²) in [6.07, 6.45) is -5.07. The average Bonchev–Trinajstić information content (AvgIpc) is 2.02. The highest BCUT2D eigenvalue weighted by Gasteiger charge is 2.38. The van der Waals surface area contributed by atoms with Crippen molar-refractivity contribution < 1.29 is 22.7 Å². The number of halogens is 3. The van der Waals surface area contributed by atoms with Gasteiger partial charge in [-0.2, -0.15) is 13.2 Å². The van der Waals surface area contributed by atoms with Gasteiger partial charge in [-0.05, 0) is 0 Å². The molecule has 1 N–H and O–H groups in total. The Morgan fingerprint density at radius 3 is 2.64 bits per heavy atom. The van der Waals surface area contributed by atoms with Crippen LogP contribution in [0.1, 0.15) is 6.92 Å². The van der Waals surface area contributed by atoms with Crippen molar-refractivity contribution in [2.75, 3.05) is 13.1 Å².